The molecule has 3 aromatic rings. The molecule has 0 atom stereocenters. The highest BCUT2D eigenvalue weighted by molar-refractivity contribution is 7.15. The van der Waals surface area contributed by atoms with Crippen molar-refractivity contribution in [3.8, 4) is 17.0 Å². The lowest BCUT2D eigenvalue weighted by atomic mass is 10.1. The van der Waals surface area contributed by atoms with Gasteiger partial charge < -0.3 is 10.5 Å². The van der Waals surface area contributed by atoms with E-state index in [4.69, 9.17) is 10.5 Å². The predicted octanol–water partition coefficient (Wildman–Crippen LogP) is 2.92. The number of ether oxygens (including phenoxy) is 1. The second-order valence-corrected chi connectivity index (χ2v) is 5.02. The molecule has 2 heterocycles. The van der Waals surface area contributed by atoms with E-state index in [1.807, 2.05) is 25.3 Å². The maximum absolute atomic E-state index is 5.73. The quantitative estimate of drug-likeness (QED) is 0.795. The summed E-state index contributed by atoms with van der Waals surface area (Å²) in [5, 5.41) is 2.13. The molecular formula is C14H15N3OS. The molecule has 0 amide bonds. The molecule has 3 rings (SSSR count). The first kappa shape index (κ1) is 12.2. The maximum Gasteiger partial charge on any atom is 0.128 e. The third kappa shape index (κ3) is 2.11. The third-order valence-corrected chi connectivity index (χ3v) is 3.85. The molecule has 0 unspecified atom stereocenters. The Kier molecular flexibility index (Phi) is 3.23. The second-order valence-electron chi connectivity index (χ2n) is 4.13. The Morgan fingerprint density at radius 2 is 2.11 bits per heavy atom. The topological polar surface area (TPSA) is 52.5 Å². The van der Waals surface area contributed by atoms with Crippen molar-refractivity contribution < 1.29 is 4.74 Å². The van der Waals surface area contributed by atoms with Crippen molar-refractivity contribution in [1.82, 2.24) is 9.38 Å². The predicted molar refractivity (Wildman–Crippen MR) is 77.6 cm³/mol. The van der Waals surface area contributed by atoms with Crippen LogP contribution in [0.1, 0.15) is 12.7 Å². The molecule has 4 nitrogen and oxygen atoms in total. The van der Waals surface area contributed by atoms with E-state index in [1.165, 1.54) is 0 Å². The zero-order valence-electron chi connectivity index (χ0n) is 10.7. The van der Waals surface area contributed by atoms with Crippen molar-refractivity contribution in [3.05, 3.63) is 41.7 Å². The number of thiazole rings is 1. The number of hydrogen-bond donors (Lipinski definition) is 1. The van der Waals surface area contributed by atoms with E-state index < -0.39 is 0 Å². The molecule has 1 aromatic carbocycles. The van der Waals surface area contributed by atoms with Crippen LogP contribution >= 0.6 is 11.3 Å². The summed E-state index contributed by atoms with van der Waals surface area (Å²) in [6.45, 7) is 3.10. The highest BCUT2D eigenvalue weighted by Gasteiger charge is 2.10. The summed E-state index contributed by atoms with van der Waals surface area (Å²) >= 11 is 1.67. The Morgan fingerprint density at radius 1 is 1.32 bits per heavy atom. The highest BCUT2D eigenvalue weighted by Crippen LogP contribution is 2.28. The minimum absolute atomic E-state index is 0.439. The number of rotatable bonds is 4. The van der Waals surface area contributed by atoms with Crippen molar-refractivity contribution in [2.45, 2.75) is 13.5 Å². The smallest absolute Gasteiger partial charge is 0.128 e. The number of nitrogens with zero attached hydrogens (tertiary/aromatic N) is 2. The molecule has 0 fully saturated rings. The van der Waals surface area contributed by atoms with Crippen molar-refractivity contribution >= 4 is 16.2 Å². The molecule has 98 valence electrons. The van der Waals surface area contributed by atoms with Gasteiger partial charge in [-0.1, -0.05) is 0 Å². The van der Waals surface area contributed by atoms with Crippen LogP contribution in [-0.2, 0) is 6.54 Å². The van der Waals surface area contributed by atoms with Gasteiger partial charge in [0.15, 0.2) is 0 Å². The molecule has 0 aliphatic carbocycles. The molecule has 2 aromatic heterocycles. The molecule has 0 spiro atoms. The number of benzene rings is 1. The lowest BCUT2D eigenvalue weighted by Crippen LogP contribution is -2.02. The van der Waals surface area contributed by atoms with Gasteiger partial charge in [-0.25, -0.2) is 4.98 Å². The van der Waals surface area contributed by atoms with Crippen LogP contribution in [0.15, 0.2) is 35.8 Å². The van der Waals surface area contributed by atoms with E-state index >= 15 is 0 Å². The first-order valence-corrected chi connectivity index (χ1v) is 7.08. The SMILES string of the molecule is CCOc1ccc(-c2csc3cnc(CN)n23)cc1. The largest absolute Gasteiger partial charge is 0.494 e. The van der Waals surface area contributed by atoms with Crippen molar-refractivity contribution in [3.63, 3.8) is 0 Å². The first-order valence-electron chi connectivity index (χ1n) is 6.20. The Hall–Kier alpha value is -1.85. The summed E-state index contributed by atoms with van der Waals surface area (Å²) in [5.74, 6) is 1.78. The summed E-state index contributed by atoms with van der Waals surface area (Å²) in [6, 6.07) is 8.10. The first-order chi connectivity index (χ1) is 9.33. The molecule has 5 heteroatoms. The second kappa shape index (κ2) is 5.03. The van der Waals surface area contributed by atoms with E-state index in [-0.39, 0.29) is 0 Å². The van der Waals surface area contributed by atoms with Crippen LogP contribution in [0, 0.1) is 0 Å². The van der Waals surface area contributed by atoms with Gasteiger partial charge >= 0.3 is 0 Å². The fraction of sp³-hybridized carbons (Fsp3) is 0.214. The summed E-state index contributed by atoms with van der Waals surface area (Å²) in [6.07, 6.45) is 1.87. The minimum Gasteiger partial charge on any atom is -0.494 e. The zero-order chi connectivity index (χ0) is 13.2. The number of nitrogens with two attached hydrogens (primary N) is 1. The van der Waals surface area contributed by atoms with Gasteiger partial charge in [0.05, 0.1) is 25.0 Å². The summed E-state index contributed by atoms with van der Waals surface area (Å²) in [7, 11) is 0. The van der Waals surface area contributed by atoms with E-state index in [1.54, 1.807) is 11.3 Å². The minimum atomic E-state index is 0.439. The maximum atomic E-state index is 5.73. The van der Waals surface area contributed by atoms with Crippen LogP contribution in [0.4, 0.5) is 0 Å². The zero-order valence-corrected chi connectivity index (χ0v) is 11.5. The van der Waals surface area contributed by atoms with E-state index in [0.29, 0.717) is 13.2 Å². The van der Waals surface area contributed by atoms with Crippen LogP contribution in [-0.4, -0.2) is 16.0 Å². The fourth-order valence-corrected chi connectivity index (χ4v) is 3.01. The van der Waals surface area contributed by atoms with Gasteiger partial charge in [0, 0.05) is 5.38 Å². The molecular weight excluding hydrogens is 258 g/mol. The van der Waals surface area contributed by atoms with Crippen molar-refractivity contribution in [1.29, 1.82) is 0 Å². The van der Waals surface area contributed by atoms with Crippen LogP contribution < -0.4 is 10.5 Å². The Balaban J connectivity index is 2.05. The highest BCUT2D eigenvalue weighted by atomic mass is 32.1. The standard InChI is InChI=1S/C14H15N3OS/c1-2-18-11-5-3-10(4-6-11)12-9-19-14-8-16-13(7-15)17(12)14/h3-6,8-9H,2,7,15H2,1H3. The Labute approximate surface area is 115 Å². The van der Waals surface area contributed by atoms with Crippen LogP contribution in [0.5, 0.6) is 5.75 Å². The van der Waals surface area contributed by atoms with Gasteiger partial charge in [0.25, 0.3) is 0 Å². The number of fused-ring (bicyclic) bond motifs is 1. The molecule has 0 aliphatic heterocycles. The molecule has 2 N–H and O–H groups in total. The molecule has 0 saturated heterocycles. The average molecular weight is 273 g/mol. The van der Waals surface area contributed by atoms with Crippen molar-refractivity contribution in [2.24, 2.45) is 5.73 Å². The van der Waals surface area contributed by atoms with Gasteiger partial charge in [0.2, 0.25) is 0 Å². The van der Waals surface area contributed by atoms with Gasteiger partial charge in [-0.3, -0.25) is 4.40 Å². The molecule has 19 heavy (non-hydrogen) atoms. The van der Waals surface area contributed by atoms with Gasteiger partial charge in [-0.2, -0.15) is 0 Å². The Morgan fingerprint density at radius 3 is 2.79 bits per heavy atom. The van der Waals surface area contributed by atoms with Crippen LogP contribution in [0.3, 0.4) is 0 Å². The molecule has 0 aliphatic rings. The van der Waals surface area contributed by atoms with Gasteiger partial charge in [-0.05, 0) is 36.8 Å². The third-order valence-electron chi connectivity index (χ3n) is 2.98. The molecule has 0 radical (unpaired) electrons. The number of hydrogen-bond acceptors (Lipinski definition) is 4. The number of aromatic nitrogens is 2. The van der Waals surface area contributed by atoms with E-state index in [9.17, 15) is 0 Å². The van der Waals surface area contributed by atoms with Crippen molar-refractivity contribution in [2.75, 3.05) is 6.61 Å². The van der Waals surface area contributed by atoms with E-state index in [2.05, 4.69) is 26.9 Å². The summed E-state index contributed by atoms with van der Waals surface area (Å²) in [5.41, 5.74) is 8.00. The summed E-state index contributed by atoms with van der Waals surface area (Å²) in [4.78, 5) is 5.45. The molecule has 0 saturated carbocycles. The monoisotopic (exact) mass is 273 g/mol. The lowest BCUT2D eigenvalue weighted by molar-refractivity contribution is 0.340. The fourth-order valence-electron chi connectivity index (χ4n) is 2.11. The normalized spacial score (nSPS) is 11.1. The molecule has 0 bridgehead atoms. The van der Waals surface area contributed by atoms with Crippen LogP contribution in [0.25, 0.3) is 16.1 Å². The summed E-state index contributed by atoms with van der Waals surface area (Å²) < 4.78 is 7.57. The Bertz CT molecular complexity index is 684. The van der Waals surface area contributed by atoms with Gasteiger partial charge in [0.1, 0.15) is 16.4 Å². The lowest BCUT2D eigenvalue weighted by Gasteiger charge is -2.05. The number of imidazole rings is 1. The average Bonchev–Trinajstić information content (AvgIpc) is 3.01. The van der Waals surface area contributed by atoms with Crippen LogP contribution in [0.2, 0.25) is 0 Å². The van der Waals surface area contributed by atoms with E-state index in [0.717, 1.165) is 27.7 Å². The van der Waals surface area contributed by atoms with Gasteiger partial charge in [-0.15, -0.1) is 11.3 Å².